The summed E-state index contributed by atoms with van der Waals surface area (Å²) in [7, 11) is 0. The fourth-order valence-electron chi connectivity index (χ4n) is 2.07. The molecule has 0 atom stereocenters. The third kappa shape index (κ3) is 3.05. The Hall–Kier alpha value is -0.340. The quantitative estimate of drug-likeness (QED) is 0.877. The predicted molar refractivity (Wildman–Crippen MR) is 67.8 cm³/mol. The van der Waals surface area contributed by atoms with Gasteiger partial charge in [-0.15, -0.1) is 0 Å². The Bertz CT molecular complexity index is 314. The van der Waals surface area contributed by atoms with E-state index in [1.165, 1.54) is 24.8 Å². The summed E-state index contributed by atoms with van der Waals surface area (Å²) in [6.07, 6.45) is 4.19. The van der Waals surface area contributed by atoms with E-state index in [4.69, 9.17) is 0 Å². The molecule has 1 aromatic carbocycles. The molecule has 2 rings (SSSR count). The van der Waals surface area contributed by atoms with Crippen molar-refractivity contribution in [3.05, 3.63) is 34.3 Å². The van der Waals surface area contributed by atoms with E-state index < -0.39 is 0 Å². The first kappa shape index (κ1) is 11.2. The number of hydrogen-bond donors (Lipinski definition) is 1. The zero-order valence-electron chi connectivity index (χ0n) is 9.22. The Labute approximate surface area is 100 Å². The van der Waals surface area contributed by atoms with Crippen molar-refractivity contribution >= 4 is 15.9 Å². The van der Waals surface area contributed by atoms with Crippen LogP contribution >= 0.6 is 15.9 Å². The summed E-state index contributed by atoms with van der Waals surface area (Å²) in [5, 5.41) is 3.55. The van der Waals surface area contributed by atoms with Gasteiger partial charge in [0.1, 0.15) is 0 Å². The van der Waals surface area contributed by atoms with E-state index in [9.17, 15) is 0 Å². The lowest BCUT2D eigenvalue weighted by atomic mass is 9.70. The maximum absolute atomic E-state index is 3.55. The third-order valence-corrected chi connectivity index (χ3v) is 3.88. The van der Waals surface area contributed by atoms with Crippen LogP contribution in [0, 0.1) is 5.41 Å². The van der Waals surface area contributed by atoms with Crippen LogP contribution in [0.5, 0.6) is 0 Å². The van der Waals surface area contributed by atoms with Crippen LogP contribution in [0.15, 0.2) is 28.7 Å². The van der Waals surface area contributed by atoms with Gasteiger partial charge in [-0.3, -0.25) is 0 Å². The molecule has 1 aliphatic rings. The Kier molecular flexibility index (Phi) is 3.47. The Balaban J connectivity index is 1.76. The molecule has 15 heavy (non-hydrogen) atoms. The Morgan fingerprint density at radius 3 is 2.47 bits per heavy atom. The van der Waals surface area contributed by atoms with Crippen LogP contribution in [-0.2, 0) is 6.54 Å². The van der Waals surface area contributed by atoms with Crippen molar-refractivity contribution in [3.8, 4) is 0 Å². The topological polar surface area (TPSA) is 12.0 Å². The van der Waals surface area contributed by atoms with Crippen LogP contribution in [0.3, 0.4) is 0 Å². The molecule has 1 saturated carbocycles. The Morgan fingerprint density at radius 2 is 1.93 bits per heavy atom. The van der Waals surface area contributed by atoms with Crippen LogP contribution in [0.25, 0.3) is 0 Å². The molecule has 0 unspecified atom stereocenters. The van der Waals surface area contributed by atoms with Gasteiger partial charge in [-0.05, 0) is 36.0 Å². The largest absolute Gasteiger partial charge is 0.312 e. The van der Waals surface area contributed by atoms with Gasteiger partial charge in [0.05, 0.1) is 0 Å². The average Bonchev–Trinajstić information content (AvgIpc) is 2.19. The van der Waals surface area contributed by atoms with Crippen molar-refractivity contribution in [1.29, 1.82) is 0 Å². The summed E-state index contributed by atoms with van der Waals surface area (Å²) in [5.74, 6) is 0. The van der Waals surface area contributed by atoms with Gasteiger partial charge < -0.3 is 5.32 Å². The number of benzene rings is 1. The van der Waals surface area contributed by atoms with Crippen LogP contribution in [0.4, 0.5) is 0 Å². The van der Waals surface area contributed by atoms with Crippen LogP contribution in [0.1, 0.15) is 31.7 Å². The molecule has 0 bridgehead atoms. The van der Waals surface area contributed by atoms with E-state index in [-0.39, 0.29) is 0 Å². The fraction of sp³-hybridized carbons (Fsp3) is 0.538. The van der Waals surface area contributed by atoms with E-state index in [1.54, 1.807) is 0 Å². The van der Waals surface area contributed by atoms with Gasteiger partial charge in [0.25, 0.3) is 0 Å². The molecule has 1 fully saturated rings. The molecule has 0 spiro atoms. The zero-order valence-corrected chi connectivity index (χ0v) is 10.8. The molecular weight excluding hydrogens is 250 g/mol. The molecule has 1 nitrogen and oxygen atoms in total. The van der Waals surface area contributed by atoms with E-state index >= 15 is 0 Å². The second kappa shape index (κ2) is 4.67. The van der Waals surface area contributed by atoms with Gasteiger partial charge >= 0.3 is 0 Å². The lowest BCUT2D eigenvalue weighted by Gasteiger charge is -2.38. The standard InChI is InChI=1S/C13H18BrN/c1-13(7-2-8-13)10-15-9-11-3-5-12(14)6-4-11/h3-6,15H,2,7-10H2,1H3. The van der Waals surface area contributed by atoms with Gasteiger partial charge in [0, 0.05) is 17.6 Å². The van der Waals surface area contributed by atoms with Crippen LogP contribution < -0.4 is 5.32 Å². The number of halogens is 1. The summed E-state index contributed by atoms with van der Waals surface area (Å²) < 4.78 is 1.15. The highest BCUT2D eigenvalue weighted by molar-refractivity contribution is 9.10. The van der Waals surface area contributed by atoms with Gasteiger partial charge in [-0.25, -0.2) is 0 Å². The third-order valence-electron chi connectivity index (χ3n) is 3.35. The van der Waals surface area contributed by atoms with Gasteiger partial charge in [-0.1, -0.05) is 41.4 Å². The molecule has 0 aromatic heterocycles. The molecular formula is C13H18BrN. The lowest BCUT2D eigenvalue weighted by molar-refractivity contribution is 0.156. The maximum atomic E-state index is 3.55. The lowest BCUT2D eigenvalue weighted by Crippen LogP contribution is -2.36. The van der Waals surface area contributed by atoms with Crippen molar-refractivity contribution in [2.45, 2.75) is 32.7 Å². The summed E-state index contributed by atoms with van der Waals surface area (Å²) in [6, 6.07) is 8.53. The van der Waals surface area contributed by atoms with E-state index in [2.05, 4.69) is 52.4 Å². The van der Waals surface area contributed by atoms with Crippen LogP contribution in [0.2, 0.25) is 0 Å². The van der Waals surface area contributed by atoms with Crippen molar-refractivity contribution in [1.82, 2.24) is 5.32 Å². The highest BCUT2D eigenvalue weighted by Gasteiger charge is 2.30. The Morgan fingerprint density at radius 1 is 1.27 bits per heavy atom. The molecule has 0 aliphatic heterocycles. The number of hydrogen-bond acceptors (Lipinski definition) is 1. The zero-order chi connectivity index (χ0) is 10.7. The highest BCUT2D eigenvalue weighted by atomic mass is 79.9. The average molecular weight is 268 g/mol. The molecule has 0 saturated heterocycles. The number of rotatable bonds is 4. The summed E-state index contributed by atoms with van der Waals surface area (Å²) >= 11 is 3.45. The van der Waals surface area contributed by atoms with Crippen molar-refractivity contribution in [2.75, 3.05) is 6.54 Å². The van der Waals surface area contributed by atoms with E-state index in [0.717, 1.165) is 17.6 Å². The maximum Gasteiger partial charge on any atom is 0.0205 e. The molecule has 0 radical (unpaired) electrons. The minimum Gasteiger partial charge on any atom is -0.312 e. The fourth-order valence-corrected chi connectivity index (χ4v) is 2.33. The number of nitrogens with one attached hydrogen (secondary N) is 1. The second-order valence-corrected chi connectivity index (χ2v) is 5.81. The minimum atomic E-state index is 0.579. The molecule has 0 heterocycles. The van der Waals surface area contributed by atoms with Gasteiger partial charge in [0.2, 0.25) is 0 Å². The van der Waals surface area contributed by atoms with E-state index in [1.807, 2.05) is 0 Å². The highest BCUT2D eigenvalue weighted by Crippen LogP contribution is 2.39. The summed E-state index contributed by atoms with van der Waals surface area (Å²) in [6.45, 7) is 4.52. The second-order valence-electron chi connectivity index (χ2n) is 4.89. The SMILES string of the molecule is CC1(CNCc2ccc(Br)cc2)CCC1. The summed E-state index contributed by atoms with van der Waals surface area (Å²) in [4.78, 5) is 0. The summed E-state index contributed by atoms with van der Waals surface area (Å²) in [5.41, 5.74) is 1.94. The molecule has 1 N–H and O–H groups in total. The van der Waals surface area contributed by atoms with Crippen molar-refractivity contribution in [3.63, 3.8) is 0 Å². The smallest absolute Gasteiger partial charge is 0.0205 e. The van der Waals surface area contributed by atoms with Gasteiger partial charge in [-0.2, -0.15) is 0 Å². The predicted octanol–water partition coefficient (Wildman–Crippen LogP) is 3.73. The van der Waals surface area contributed by atoms with Crippen LogP contribution in [-0.4, -0.2) is 6.54 Å². The molecule has 2 heteroatoms. The van der Waals surface area contributed by atoms with Gasteiger partial charge in [0.15, 0.2) is 0 Å². The first-order chi connectivity index (χ1) is 7.18. The van der Waals surface area contributed by atoms with E-state index in [0.29, 0.717) is 5.41 Å². The first-order valence-electron chi connectivity index (χ1n) is 5.63. The normalized spacial score (nSPS) is 18.5. The van der Waals surface area contributed by atoms with Crippen molar-refractivity contribution in [2.24, 2.45) is 5.41 Å². The molecule has 1 aromatic rings. The monoisotopic (exact) mass is 267 g/mol. The minimum absolute atomic E-state index is 0.579. The molecule has 82 valence electrons. The molecule has 0 amide bonds. The molecule has 1 aliphatic carbocycles. The van der Waals surface area contributed by atoms with Crippen molar-refractivity contribution < 1.29 is 0 Å². The first-order valence-corrected chi connectivity index (χ1v) is 6.42.